The highest BCUT2D eigenvalue weighted by molar-refractivity contribution is 6.05. The Bertz CT molecular complexity index is 698. The average Bonchev–Trinajstić information content (AvgIpc) is 2.54. The van der Waals surface area contributed by atoms with E-state index in [0.29, 0.717) is 5.92 Å². The lowest BCUT2D eigenvalue weighted by atomic mass is 9.97. The monoisotopic (exact) mass is 298 g/mol. The number of nitro benzene ring substituents is 1. The number of anilines is 1. The standard InChI is InChI=1S/C17H18N2O3/c1-3-12(2)15-9-4-5-10-16(15)18-17(20)13-7-6-8-14(11-13)19(21)22/h4-12H,3H2,1-2H3,(H,18,20)/t12-/m1/s1. The Hall–Kier alpha value is -2.69. The quantitative estimate of drug-likeness (QED) is 0.658. The molecule has 5 nitrogen and oxygen atoms in total. The van der Waals surface area contributed by atoms with E-state index >= 15 is 0 Å². The van der Waals surface area contributed by atoms with Crippen molar-refractivity contribution in [3.05, 3.63) is 69.8 Å². The molecule has 0 bridgehead atoms. The number of nitro groups is 1. The molecule has 0 spiro atoms. The largest absolute Gasteiger partial charge is 0.322 e. The van der Waals surface area contributed by atoms with E-state index in [2.05, 4.69) is 19.2 Å². The molecule has 5 heteroatoms. The highest BCUT2D eigenvalue weighted by atomic mass is 16.6. The summed E-state index contributed by atoms with van der Waals surface area (Å²) in [5.74, 6) is -0.0268. The van der Waals surface area contributed by atoms with E-state index in [4.69, 9.17) is 0 Å². The number of nitrogens with zero attached hydrogens (tertiary/aromatic N) is 1. The van der Waals surface area contributed by atoms with Crippen LogP contribution in [0.2, 0.25) is 0 Å². The Morgan fingerprint density at radius 2 is 1.95 bits per heavy atom. The molecule has 2 aromatic rings. The molecule has 1 N–H and O–H groups in total. The van der Waals surface area contributed by atoms with E-state index in [1.54, 1.807) is 6.07 Å². The van der Waals surface area contributed by atoms with Gasteiger partial charge in [0.05, 0.1) is 4.92 Å². The molecule has 0 aliphatic heterocycles. The summed E-state index contributed by atoms with van der Waals surface area (Å²) in [4.78, 5) is 22.6. The van der Waals surface area contributed by atoms with Crippen LogP contribution in [0.5, 0.6) is 0 Å². The van der Waals surface area contributed by atoms with Crippen molar-refractivity contribution in [2.24, 2.45) is 0 Å². The van der Waals surface area contributed by atoms with E-state index < -0.39 is 4.92 Å². The second kappa shape index (κ2) is 6.85. The fourth-order valence-electron chi connectivity index (χ4n) is 2.22. The van der Waals surface area contributed by atoms with Crippen molar-refractivity contribution in [1.29, 1.82) is 0 Å². The maximum atomic E-state index is 12.3. The summed E-state index contributed by atoms with van der Waals surface area (Å²) in [5, 5.41) is 13.6. The van der Waals surface area contributed by atoms with Gasteiger partial charge in [-0.3, -0.25) is 14.9 Å². The number of benzene rings is 2. The van der Waals surface area contributed by atoms with Gasteiger partial charge in [0.15, 0.2) is 0 Å². The van der Waals surface area contributed by atoms with Gasteiger partial charge in [-0.05, 0) is 30.0 Å². The minimum absolute atomic E-state index is 0.0946. The van der Waals surface area contributed by atoms with Crippen LogP contribution in [0, 0.1) is 10.1 Å². The molecule has 1 atom stereocenters. The van der Waals surface area contributed by atoms with Gasteiger partial charge in [-0.1, -0.05) is 38.1 Å². The van der Waals surface area contributed by atoms with E-state index in [9.17, 15) is 14.9 Å². The van der Waals surface area contributed by atoms with Crippen molar-refractivity contribution in [1.82, 2.24) is 0 Å². The summed E-state index contributed by atoms with van der Waals surface area (Å²) >= 11 is 0. The van der Waals surface area contributed by atoms with Gasteiger partial charge in [-0.2, -0.15) is 0 Å². The first-order chi connectivity index (χ1) is 10.5. The first kappa shape index (κ1) is 15.7. The second-order valence-electron chi connectivity index (χ2n) is 5.16. The van der Waals surface area contributed by atoms with Crippen LogP contribution in [0.4, 0.5) is 11.4 Å². The molecular formula is C17H18N2O3. The maximum Gasteiger partial charge on any atom is 0.270 e. The van der Waals surface area contributed by atoms with Gasteiger partial charge in [0.25, 0.3) is 11.6 Å². The molecule has 114 valence electrons. The number of carbonyl (C=O) groups is 1. The molecule has 0 fully saturated rings. The molecule has 0 radical (unpaired) electrons. The highest BCUT2D eigenvalue weighted by Crippen LogP contribution is 2.27. The molecule has 0 unspecified atom stereocenters. The van der Waals surface area contributed by atoms with Crippen molar-refractivity contribution in [2.75, 3.05) is 5.32 Å². The third-order valence-electron chi connectivity index (χ3n) is 3.67. The van der Waals surface area contributed by atoms with E-state index in [0.717, 1.165) is 17.7 Å². The molecule has 2 aromatic carbocycles. The fraction of sp³-hybridized carbons (Fsp3) is 0.235. The lowest BCUT2D eigenvalue weighted by molar-refractivity contribution is -0.384. The number of non-ortho nitro benzene ring substituents is 1. The zero-order valence-electron chi connectivity index (χ0n) is 12.6. The van der Waals surface area contributed by atoms with Gasteiger partial charge in [-0.25, -0.2) is 0 Å². The van der Waals surface area contributed by atoms with Gasteiger partial charge in [0, 0.05) is 23.4 Å². The van der Waals surface area contributed by atoms with Crippen LogP contribution in [0.15, 0.2) is 48.5 Å². The molecule has 22 heavy (non-hydrogen) atoms. The Morgan fingerprint density at radius 1 is 1.23 bits per heavy atom. The van der Waals surface area contributed by atoms with Gasteiger partial charge < -0.3 is 5.32 Å². The molecule has 0 aliphatic rings. The van der Waals surface area contributed by atoms with Gasteiger partial charge in [0.1, 0.15) is 0 Å². The van der Waals surface area contributed by atoms with E-state index in [1.165, 1.54) is 18.2 Å². The smallest absolute Gasteiger partial charge is 0.270 e. The SMILES string of the molecule is CC[C@@H](C)c1ccccc1NC(=O)c1cccc([N+](=O)[O-])c1. The Kier molecular flexibility index (Phi) is 4.88. The Morgan fingerprint density at radius 3 is 2.64 bits per heavy atom. The summed E-state index contributed by atoms with van der Waals surface area (Å²) in [6.45, 7) is 4.18. The molecule has 2 rings (SSSR count). The fourth-order valence-corrected chi connectivity index (χ4v) is 2.22. The summed E-state index contributed by atoms with van der Waals surface area (Å²) in [6.07, 6.45) is 0.962. The third kappa shape index (κ3) is 3.49. The lowest BCUT2D eigenvalue weighted by Gasteiger charge is -2.15. The van der Waals surface area contributed by atoms with Crippen molar-refractivity contribution >= 4 is 17.3 Å². The van der Waals surface area contributed by atoms with Crippen LogP contribution in [-0.4, -0.2) is 10.8 Å². The molecule has 1 amide bonds. The van der Waals surface area contributed by atoms with Gasteiger partial charge >= 0.3 is 0 Å². The first-order valence-corrected chi connectivity index (χ1v) is 7.17. The minimum Gasteiger partial charge on any atom is -0.322 e. The molecule has 0 aliphatic carbocycles. The molecule has 0 saturated carbocycles. The zero-order valence-corrected chi connectivity index (χ0v) is 12.6. The van der Waals surface area contributed by atoms with Crippen molar-refractivity contribution in [3.8, 4) is 0 Å². The number of para-hydroxylation sites is 1. The summed E-state index contributed by atoms with van der Waals surface area (Å²) in [7, 11) is 0. The average molecular weight is 298 g/mol. The number of nitrogens with one attached hydrogen (secondary N) is 1. The molecule has 0 heterocycles. The Balaban J connectivity index is 2.26. The predicted octanol–water partition coefficient (Wildman–Crippen LogP) is 4.36. The normalized spacial score (nSPS) is 11.7. The molecule has 0 aromatic heterocycles. The topological polar surface area (TPSA) is 72.2 Å². The third-order valence-corrected chi connectivity index (χ3v) is 3.67. The summed E-state index contributed by atoms with van der Waals surface area (Å²) < 4.78 is 0. The van der Waals surface area contributed by atoms with Gasteiger partial charge in [0.2, 0.25) is 0 Å². The first-order valence-electron chi connectivity index (χ1n) is 7.17. The summed E-state index contributed by atoms with van der Waals surface area (Å²) in [5.41, 5.74) is 1.98. The van der Waals surface area contributed by atoms with Crippen LogP contribution in [0.3, 0.4) is 0 Å². The molecular weight excluding hydrogens is 280 g/mol. The maximum absolute atomic E-state index is 12.3. The van der Waals surface area contributed by atoms with Crippen LogP contribution in [-0.2, 0) is 0 Å². The summed E-state index contributed by atoms with van der Waals surface area (Å²) in [6, 6.07) is 13.3. The van der Waals surface area contributed by atoms with Crippen LogP contribution in [0.25, 0.3) is 0 Å². The van der Waals surface area contributed by atoms with Crippen LogP contribution >= 0.6 is 0 Å². The predicted molar refractivity (Wildman–Crippen MR) is 86.2 cm³/mol. The minimum atomic E-state index is -0.510. The second-order valence-corrected chi connectivity index (χ2v) is 5.16. The number of amides is 1. The zero-order chi connectivity index (χ0) is 16.1. The number of carbonyl (C=O) groups excluding carboxylic acids is 1. The molecule has 0 saturated heterocycles. The lowest BCUT2D eigenvalue weighted by Crippen LogP contribution is -2.14. The highest BCUT2D eigenvalue weighted by Gasteiger charge is 2.14. The van der Waals surface area contributed by atoms with Crippen molar-refractivity contribution in [3.63, 3.8) is 0 Å². The van der Waals surface area contributed by atoms with Crippen molar-refractivity contribution in [2.45, 2.75) is 26.2 Å². The number of rotatable bonds is 5. The Labute approximate surface area is 129 Å². The van der Waals surface area contributed by atoms with Crippen LogP contribution < -0.4 is 5.32 Å². The van der Waals surface area contributed by atoms with Crippen molar-refractivity contribution < 1.29 is 9.72 Å². The van der Waals surface area contributed by atoms with E-state index in [-0.39, 0.29) is 17.2 Å². The number of hydrogen-bond acceptors (Lipinski definition) is 3. The number of hydrogen-bond donors (Lipinski definition) is 1. The van der Waals surface area contributed by atoms with Crippen LogP contribution in [0.1, 0.15) is 42.1 Å². The van der Waals surface area contributed by atoms with E-state index in [1.807, 2.05) is 24.3 Å². The van der Waals surface area contributed by atoms with Gasteiger partial charge in [-0.15, -0.1) is 0 Å².